The summed E-state index contributed by atoms with van der Waals surface area (Å²) in [6, 6.07) is 8.20. The summed E-state index contributed by atoms with van der Waals surface area (Å²) in [5, 5.41) is 6.71. The van der Waals surface area contributed by atoms with Gasteiger partial charge in [0.15, 0.2) is 5.96 Å². The number of nitrogens with one attached hydrogen (secondary N) is 2. The highest BCUT2D eigenvalue weighted by atomic mass is 16.5. The van der Waals surface area contributed by atoms with E-state index in [0.29, 0.717) is 6.61 Å². The van der Waals surface area contributed by atoms with Crippen molar-refractivity contribution < 1.29 is 9.47 Å². The first kappa shape index (κ1) is 22.3. The van der Waals surface area contributed by atoms with E-state index in [0.717, 1.165) is 63.9 Å². The Bertz CT molecular complexity index is 508. The maximum absolute atomic E-state index is 5.69. The molecule has 0 aliphatic rings. The molecular weight excluding hydrogens is 328 g/mol. The molecule has 6 nitrogen and oxygen atoms in total. The van der Waals surface area contributed by atoms with Crippen LogP contribution in [0.25, 0.3) is 0 Å². The number of likely N-dealkylation sites (N-methyl/N-ethyl adjacent to an activating group) is 1. The van der Waals surface area contributed by atoms with E-state index in [-0.39, 0.29) is 0 Å². The van der Waals surface area contributed by atoms with Gasteiger partial charge in [-0.25, -0.2) is 0 Å². The van der Waals surface area contributed by atoms with Crippen molar-refractivity contribution >= 4 is 5.96 Å². The van der Waals surface area contributed by atoms with Crippen molar-refractivity contribution in [2.24, 2.45) is 4.99 Å². The molecule has 0 radical (unpaired) electrons. The number of hydrogen-bond acceptors (Lipinski definition) is 4. The normalized spacial score (nSPS) is 11.7. The highest BCUT2D eigenvalue weighted by Gasteiger charge is 2.04. The van der Waals surface area contributed by atoms with Gasteiger partial charge in [0, 0.05) is 39.9 Å². The van der Waals surface area contributed by atoms with Crippen molar-refractivity contribution in [1.82, 2.24) is 15.5 Å². The molecular formula is C20H36N4O2. The van der Waals surface area contributed by atoms with E-state index in [1.807, 2.05) is 19.1 Å². The van der Waals surface area contributed by atoms with Crippen LogP contribution in [0.15, 0.2) is 29.3 Å². The third-order valence-electron chi connectivity index (χ3n) is 3.94. The Morgan fingerprint density at radius 2 is 1.96 bits per heavy atom. The Morgan fingerprint density at radius 3 is 2.69 bits per heavy atom. The molecule has 0 amide bonds. The molecule has 148 valence electrons. The standard InChI is InChI=1S/C20H36N4O2/c1-5-21-20(23-14-16-24(3)15-9-17-25-4)22-13-12-18-10-7-8-11-19(18)26-6-2/h7-8,10-11H,5-6,9,12-17H2,1-4H3,(H2,21,22,23). The van der Waals surface area contributed by atoms with E-state index in [9.17, 15) is 0 Å². The lowest BCUT2D eigenvalue weighted by Crippen LogP contribution is -2.39. The lowest BCUT2D eigenvalue weighted by Gasteiger charge is -2.16. The van der Waals surface area contributed by atoms with Gasteiger partial charge in [0.1, 0.15) is 5.75 Å². The van der Waals surface area contributed by atoms with Crippen molar-refractivity contribution in [2.75, 3.05) is 60.1 Å². The molecule has 0 fully saturated rings. The second-order valence-corrected chi connectivity index (χ2v) is 6.13. The molecule has 0 heterocycles. The van der Waals surface area contributed by atoms with E-state index >= 15 is 0 Å². The Kier molecular flexibility index (Phi) is 12.3. The topological polar surface area (TPSA) is 58.1 Å². The van der Waals surface area contributed by atoms with Crippen molar-refractivity contribution in [1.29, 1.82) is 0 Å². The Hall–Kier alpha value is -1.79. The number of aliphatic imine (C=N–C) groups is 1. The van der Waals surface area contributed by atoms with Crippen LogP contribution < -0.4 is 15.4 Å². The molecule has 0 spiro atoms. The van der Waals surface area contributed by atoms with E-state index < -0.39 is 0 Å². The predicted octanol–water partition coefficient (Wildman–Crippen LogP) is 2.15. The highest BCUT2D eigenvalue weighted by molar-refractivity contribution is 5.79. The zero-order valence-corrected chi connectivity index (χ0v) is 16.9. The van der Waals surface area contributed by atoms with Crippen molar-refractivity contribution in [3.05, 3.63) is 29.8 Å². The fourth-order valence-corrected chi connectivity index (χ4v) is 2.59. The molecule has 0 atom stereocenters. The molecule has 26 heavy (non-hydrogen) atoms. The SMILES string of the molecule is CCNC(=NCCN(C)CCCOC)NCCc1ccccc1OCC. The third-order valence-corrected chi connectivity index (χ3v) is 3.94. The van der Waals surface area contributed by atoms with Gasteiger partial charge in [0.25, 0.3) is 0 Å². The Balaban J connectivity index is 2.40. The Morgan fingerprint density at radius 1 is 1.15 bits per heavy atom. The van der Waals surface area contributed by atoms with Crippen LogP contribution in [0.3, 0.4) is 0 Å². The molecule has 0 aromatic heterocycles. The zero-order chi connectivity index (χ0) is 19.0. The fourth-order valence-electron chi connectivity index (χ4n) is 2.59. The van der Waals surface area contributed by atoms with Gasteiger partial charge in [-0.3, -0.25) is 4.99 Å². The maximum atomic E-state index is 5.69. The highest BCUT2D eigenvalue weighted by Crippen LogP contribution is 2.17. The lowest BCUT2D eigenvalue weighted by molar-refractivity contribution is 0.180. The van der Waals surface area contributed by atoms with Crippen LogP contribution in [0.5, 0.6) is 5.75 Å². The number of benzene rings is 1. The summed E-state index contributed by atoms with van der Waals surface area (Å²) < 4.78 is 10.8. The van der Waals surface area contributed by atoms with Crippen LogP contribution >= 0.6 is 0 Å². The molecule has 0 aliphatic carbocycles. The molecule has 1 rings (SSSR count). The average Bonchev–Trinajstić information content (AvgIpc) is 2.63. The van der Waals surface area contributed by atoms with Gasteiger partial charge in [0.05, 0.1) is 13.2 Å². The molecule has 0 aliphatic heterocycles. The Labute approximate surface area is 159 Å². The fraction of sp³-hybridized carbons (Fsp3) is 0.650. The quantitative estimate of drug-likeness (QED) is 0.319. The first-order chi connectivity index (χ1) is 12.7. The van der Waals surface area contributed by atoms with Crippen LogP contribution in [0, 0.1) is 0 Å². The largest absolute Gasteiger partial charge is 0.494 e. The molecule has 6 heteroatoms. The second-order valence-electron chi connectivity index (χ2n) is 6.13. The number of para-hydroxylation sites is 1. The van der Waals surface area contributed by atoms with Crippen molar-refractivity contribution in [3.63, 3.8) is 0 Å². The maximum Gasteiger partial charge on any atom is 0.191 e. The van der Waals surface area contributed by atoms with E-state index in [1.165, 1.54) is 5.56 Å². The van der Waals surface area contributed by atoms with Crippen LogP contribution in [-0.2, 0) is 11.2 Å². The molecule has 1 aromatic rings. The van der Waals surface area contributed by atoms with Gasteiger partial charge >= 0.3 is 0 Å². The van der Waals surface area contributed by atoms with Gasteiger partial charge in [-0.1, -0.05) is 18.2 Å². The van der Waals surface area contributed by atoms with E-state index in [2.05, 4.69) is 46.6 Å². The first-order valence-electron chi connectivity index (χ1n) is 9.61. The minimum absolute atomic E-state index is 0.687. The summed E-state index contributed by atoms with van der Waals surface area (Å²) >= 11 is 0. The van der Waals surface area contributed by atoms with Crippen molar-refractivity contribution in [3.8, 4) is 5.75 Å². The summed E-state index contributed by atoms with van der Waals surface area (Å²) in [4.78, 5) is 6.94. The van der Waals surface area contributed by atoms with Crippen molar-refractivity contribution in [2.45, 2.75) is 26.7 Å². The van der Waals surface area contributed by atoms with E-state index in [1.54, 1.807) is 7.11 Å². The van der Waals surface area contributed by atoms with E-state index in [4.69, 9.17) is 9.47 Å². The molecule has 0 bridgehead atoms. The number of hydrogen-bond donors (Lipinski definition) is 2. The third kappa shape index (κ3) is 9.63. The first-order valence-corrected chi connectivity index (χ1v) is 9.61. The molecule has 2 N–H and O–H groups in total. The monoisotopic (exact) mass is 364 g/mol. The van der Waals surface area contributed by atoms with Gasteiger partial charge in [-0.15, -0.1) is 0 Å². The second kappa shape index (κ2) is 14.4. The molecule has 1 aromatic carbocycles. The molecule has 0 saturated heterocycles. The predicted molar refractivity (Wildman–Crippen MR) is 109 cm³/mol. The van der Waals surface area contributed by atoms with Crippen LogP contribution in [-0.4, -0.2) is 71.0 Å². The van der Waals surface area contributed by atoms with Crippen LogP contribution in [0.1, 0.15) is 25.8 Å². The number of guanidine groups is 1. The minimum Gasteiger partial charge on any atom is -0.494 e. The summed E-state index contributed by atoms with van der Waals surface area (Å²) in [6.45, 7) is 10.00. The summed E-state index contributed by atoms with van der Waals surface area (Å²) in [7, 11) is 3.86. The average molecular weight is 365 g/mol. The number of nitrogens with zero attached hydrogens (tertiary/aromatic N) is 2. The summed E-state index contributed by atoms with van der Waals surface area (Å²) in [5.74, 6) is 1.84. The lowest BCUT2D eigenvalue weighted by atomic mass is 10.1. The number of rotatable bonds is 13. The molecule has 0 saturated carbocycles. The molecule has 0 unspecified atom stereocenters. The van der Waals surface area contributed by atoms with Crippen LogP contribution in [0.2, 0.25) is 0 Å². The van der Waals surface area contributed by atoms with Gasteiger partial charge in [-0.05, 0) is 45.4 Å². The summed E-state index contributed by atoms with van der Waals surface area (Å²) in [6.07, 6.45) is 1.95. The smallest absolute Gasteiger partial charge is 0.191 e. The summed E-state index contributed by atoms with van der Waals surface area (Å²) in [5.41, 5.74) is 1.22. The zero-order valence-electron chi connectivity index (χ0n) is 16.9. The van der Waals surface area contributed by atoms with Gasteiger partial charge in [0.2, 0.25) is 0 Å². The van der Waals surface area contributed by atoms with Gasteiger partial charge in [-0.2, -0.15) is 0 Å². The van der Waals surface area contributed by atoms with Crippen LogP contribution in [0.4, 0.5) is 0 Å². The number of methoxy groups -OCH3 is 1. The van der Waals surface area contributed by atoms with Gasteiger partial charge < -0.3 is 25.0 Å². The minimum atomic E-state index is 0.687. The number of ether oxygens (including phenoxy) is 2.